The highest BCUT2D eigenvalue weighted by molar-refractivity contribution is 7.07. The molecular formula is C15H16O3S. The SMILES string of the molecule is OC(CCc1ccsc1)c1cccc2c1OCCO2. The van der Waals surface area contributed by atoms with Gasteiger partial charge in [0.1, 0.15) is 13.2 Å². The molecule has 3 rings (SSSR count). The molecule has 3 nitrogen and oxygen atoms in total. The van der Waals surface area contributed by atoms with E-state index < -0.39 is 6.10 Å². The van der Waals surface area contributed by atoms with Gasteiger partial charge in [-0.3, -0.25) is 0 Å². The summed E-state index contributed by atoms with van der Waals surface area (Å²) < 4.78 is 11.2. The van der Waals surface area contributed by atoms with Crippen molar-refractivity contribution in [3.8, 4) is 11.5 Å². The molecule has 0 aliphatic carbocycles. The molecule has 19 heavy (non-hydrogen) atoms. The van der Waals surface area contributed by atoms with E-state index in [9.17, 15) is 5.11 Å². The fourth-order valence-corrected chi connectivity index (χ4v) is 2.96. The second-order valence-electron chi connectivity index (χ2n) is 4.56. The Bertz CT molecular complexity index is 536. The normalized spacial score (nSPS) is 15.2. The number of hydrogen-bond donors (Lipinski definition) is 1. The molecular weight excluding hydrogens is 260 g/mol. The van der Waals surface area contributed by atoms with Crippen LogP contribution in [-0.2, 0) is 6.42 Å². The van der Waals surface area contributed by atoms with Gasteiger partial charge in [0.15, 0.2) is 11.5 Å². The number of thiophene rings is 1. The van der Waals surface area contributed by atoms with Gasteiger partial charge >= 0.3 is 0 Å². The van der Waals surface area contributed by atoms with Gasteiger partial charge in [0.05, 0.1) is 6.10 Å². The highest BCUT2D eigenvalue weighted by atomic mass is 32.1. The average molecular weight is 276 g/mol. The van der Waals surface area contributed by atoms with Gasteiger partial charge in [-0.2, -0.15) is 11.3 Å². The van der Waals surface area contributed by atoms with Crippen LogP contribution in [0, 0.1) is 0 Å². The number of fused-ring (bicyclic) bond motifs is 1. The number of hydrogen-bond acceptors (Lipinski definition) is 4. The average Bonchev–Trinajstić information content (AvgIpc) is 2.97. The third kappa shape index (κ3) is 2.74. The Balaban J connectivity index is 1.74. The first-order valence-corrected chi connectivity index (χ1v) is 7.36. The van der Waals surface area contributed by atoms with Crippen LogP contribution in [0.3, 0.4) is 0 Å². The fourth-order valence-electron chi connectivity index (χ4n) is 2.25. The summed E-state index contributed by atoms with van der Waals surface area (Å²) in [7, 11) is 0. The summed E-state index contributed by atoms with van der Waals surface area (Å²) in [5.41, 5.74) is 2.10. The minimum absolute atomic E-state index is 0.517. The molecule has 1 atom stereocenters. The van der Waals surface area contributed by atoms with Crippen LogP contribution >= 0.6 is 11.3 Å². The van der Waals surface area contributed by atoms with Crippen LogP contribution in [0.2, 0.25) is 0 Å². The van der Waals surface area contributed by atoms with Crippen molar-refractivity contribution in [2.45, 2.75) is 18.9 Å². The number of aliphatic hydroxyl groups excluding tert-OH is 1. The van der Waals surface area contributed by atoms with Crippen molar-refractivity contribution in [2.75, 3.05) is 13.2 Å². The van der Waals surface area contributed by atoms with Crippen LogP contribution in [0.15, 0.2) is 35.0 Å². The quantitative estimate of drug-likeness (QED) is 0.932. The number of ether oxygens (including phenoxy) is 2. The molecule has 0 bridgehead atoms. The summed E-state index contributed by atoms with van der Waals surface area (Å²) in [6.45, 7) is 1.11. The molecule has 100 valence electrons. The third-order valence-electron chi connectivity index (χ3n) is 3.24. The Morgan fingerprint density at radius 3 is 2.95 bits per heavy atom. The third-order valence-corrected chi connectivity index (χ3v) is 3.97. The predicted octanol–water partition coefficient (Wildman–Crippen LogP) is 3.19. The van der Waals surface area contributed by atoms with Crippen molar-refractivity contribution in [3.63, 3.8) is 0 Å². The van der Waals surface area contributed by atoms with Crippen molar-refractivity contribution in [1.82, 2.24) is 0 Å². The van der Waals surface area contributed by atoms with E-state index in [0.717, 1.165) is 17.7 Å². The molecule has 1 N–H and O–H groups in total. The largest absolute Gasteiger partial charge is 0.486 e. The minimum Gasteiger partial charge on any atom is -0.486 e. The first-order chi connectivity index (χ1) is 9.34. The van der Waals surface area contributed by atoms with Crippen molar-refractivity contribution in [3.05, 3.63) is 46.2 Å². The maximum atomic E-state index is 10.3. The summed E-state index contributed by atoms with van der Waals surface area (Å²) in [4.78, 5) is 0. The highest BCUT2D eigenvalue weighted by Gasteiger charge is 2.20. The molecule has 2 aromatic rings. The van der Waals surface area contributed by atoms with E-state index in [1.54, 1.807) is 11.3 Å². The molecule has 2 heterocycles. The molecule has 0 saturated carbocycles. The maximum Gasteiger partial charge on any atom is 0.167 e. The van der Waals surface area contributed by atoms with E-state index in [1.807, 2.05) is 18.2 Å². The molecule has 0 amide bonds. The van der Waals surface area contributed by atoms with Crippen LogP contribution in [0.4, 0.5) is 0 Å². The van der Waals surface area contributed by atoms with E-state index in [2.05, 4.69) is 16.8 Å². The van der Waals surface area contributed by atoms with Gasteiger partial charge in [0.2, 0.25) is 0 Å². The van der Waals surface area contributed by atoms with Crippen molar-refractivity contribution in [1.29, 1.82) is 0 Å². The molecule has 0 radical (unpaired) electrons. The van der Waals surface area contributed by atoms with Crippen LogP contribution < -0.4 is 9.47 Å². The van der Waals surface area contributed by atoms with Gasteiger partial charge in [-0.05, 0) is 41.3 Å². The van der Waals surface area contributed by atoms with E-state index >= 15 is 0 Å². The number of aryl methyl sites for hydroxylation is 1. The first-order valence-electron chi connectivity index (χ1n) is 6.42. The van der Waals surface area contributed by atoms with Gasteiger partial charge in [-0.1, -0.05) is 12.1 Å². The summed E-state index contributed by atoms with van der Waals surface area (Å²) >= 11 is 1.68. The second kappa shape index (κ2) is 5.63. The van der Waals surface area contributed by atoms with Crippen LogP contribution in [0.25, 0.3) is 0 Å². The number of benzene rings is 1. The number of para-hydroxylation sites is 1. The fraction of sp³-hybridized carbons (Fsp3) is 0.333. The van der Waals surface area contributed by atoms with Gasteiger partial charge in [0.25, 0.3) is 0 Å². The molecule has 1 aromatic heterocycles. The molecule has 4 heteroatoms. The van der Waals surface area contributed by atoms with Crippen LogP contribution in [0.1, 0.15) is 23.7 Å². The van der Waals surface area contributed by atoms with Crippen molar-refractivity contribution < 1.29 is 14.6 Å². The zero-order valence-corrected chi connectivity index (χ0v) is 11.4. The minimum atomic E-state index is -0.517. The van der Waals surface area contributed by atoms with E-state index in [4.69, 9.17) is 9.47 Å². The molecule has 1 aliphatic heterocycles. The van der Waals surface area contributed by atoms with Gasteiger partial charge in [-0.25, -0.2) is 0 Å². The second-order valence-corrected chi connectivity index (χ2v) is 5.34. The van der Waals surface area contributed by atoms with Gasteiger partial charge in [0, 0.05) is 5.56 Å². The van der Waals surface area contributed by atoms with Gasteiger partial charge in [-0.15, -0.1) is 0 Å². The van der Waals surface area contributed by atoms with E-state index in [0.29, 0.717) is 25.4 Å². The summed E-state index contributed by atoms with van der Waals surface area (Å²) in [6, 6.07) is 7.78. The monoisotopic (exact) mass is 276 g/mol. The van der Waals surface area contributed by atoms with Crippen molar-refractivity contribution in [2.24, 2.45) is 0 Å². The van der Waals surface area contributed by atoms with Crippen LogP contribution in [0.5, 0.6) is 11.5 Å². The molecule has 1 aromatic carbocycles. The molecule has 0 fully saturated rings. The zero-order valence-electron chi connectivity index (χ0n) is 10.5. The molecule has 1 unspecified atom stereocenters. The number of aliphatic hydroxyl groups is 1. The Morgan fingerprint density at radius 2 is 2.11 bits per heavy atom. The Morgan fingerprint density at radius 1 is 1.21 bits per heavy atom. The lowest BCUT2D eigenvalue weighted by atomic mass is 10.0. The van der Waals surface area contributed by atoms with Crippen molar-refractivity contribution >= 4 is 11.3 Å². The maximum absolute atomic E-state index is 10.3. The summed E-state index contributed by atoms with van der Waals surface area (Å²) in [5.74, 6) is 1.44. The predicted molar refractivity (Wildman–Crippen MR) is 75.0 cm³/mol. The topological polar surface area (TPSA) is 38.7 Å². The van der Waals surface area contributed by atoms with Gasteiger partial charge < -0.3 is 14.6 Å². The standard InChI is InChI=1S/C15H16O3S/c16-13(5-4-11-6-9-19-10-11)12-2-1-3-14-15(12)18-8-7-17-14/h1-3,6,9-10,13,16H,4-5,7-8H2. The smallest absolute Gasteiger partial charge is 0.167 e. The lowest BCUT2D eigenvalue weighted by molar-refractivity contribution is 0.141. The summed E-state index contributed by atoms with van der Waals surface area (Å²) in [5, 5.41) is 14.5. The van der Waals surface area contributed by atoms with E-state index in [1.165, 1.54) is 5.56 Å². The number of rotatable bonds is 4. The van der Waals surface area contributed by atoms with E-state index in [-0.39, 0.29) is 0 Å². The molecule has 1 aliphatic rings. The summed E-state index contributed by atoms with van der Waals surface area (Å²) in [6.07, 6.45) is 1.04. The lowest BCUT2D eigenvalue weighted by Crippen LogP contribution is -2.17. The Labute approximate surface area is 116 Å². The molecule has 0 saturated heterocycles. The van der Waals surface area contributed by atoms with Crippen LogP contribution in [-0.4, -0.2) is 18.3 Å². The molecule has 0 spiro atoms. The Kier molecular flexibility index (Phi) is 3.71. The first kappa shape index (κ1) is 12.5. The highest BCUT2D eigenvalue weighted by Crippen LogP contribution is 2.38. The zero-order chi connectivity index (χ0) is 13.1. The Hall–Kier alpha value is -1.52. The lowest BCUT2D eigenvalue weighted by Gasteiger charge is -2.23.